The van der Waals surface area contributed by atoms with Gasteiger partial charge in [0.05, 0.1) is 0 Å². The fourth-order valence-corrected chi connectivity index (χ4v) is 2.72. The van der Waals surface area contributed by atoms with Crippen LogP contribution in [0.5, 0.6) is 0 Å². The average Bonchev–Trinajstić information content (AvgIpc) is 3.16. The van der Waals surface area contributed by atoms with Gasteiger partial charge in [-0.25, -0.2) is 19.5 Å². The van der Waals surface area contributed by atoms with Crippen LogP contribution in [0.1, 0.15) is 5.69 Å². The summed E-state index contributed by atoms with van der Waals surface area (Å²) in [5, 5.41) is 17.4. The molecule has 0 saturated carbocycles. The number of hydrogen-bond donors (Lipinski definition) is 3. The van der Waals surface area contributed by atoms with Crippen molar-refractivity contribution in [1.82, 2.24) is 29.7 Å². The average molecular weight is 416 g/mol. The summed E-state index contributed by atoms with van der Waals surface area (Å²) in [5.74, 6) is 0.749. The SMILES string of the molecule is CN(O)Nc1cc(Nc2nc(-c3cccc(C(F)(F)F)n3)nn3cccc23)ccn1. The van der Waals surface area contributed by atoms with Crippen molar-refractivity contribution < 1.29 is 18.4 Å². The highest BCUT2D eigenvalue weighted by Crippen LogP contribution is 2.29. The molecule has 3 N–H and O–H groups in total. The predicted octanol–water partition coefficient (Wildman–Crippen LogP) is 3.60. The molecule has 4 aromatic rings. The maximum absolute atomic E-state index is 13.0. The number of rotatable bonds is 5. The topological polar surface area (TPSA) is 104 Å². The number of hydrazine groups is 1. The van der Waals surface area contributed by atoms with Crippen molar-refractivity contribution >= 4 is 22.8 Å². The lowest BCUT2D eigenvalue weighted by atomic mass is 10.3. The standard InChI is InChI=1S/C18H15F3N8O/c1-28(30)26-15-10-11(7-8-22-15)23-17-13-5-3-9-29(13)27-16(25-17)12-4-2-6-14(24-12)18(19,20)21/h2-10,30H,1H3,(H2,22,23,25,26,27). The van der Waals surface area contributed by atoms with E-state index in [0.717, 1.165) is 11.2 Å². The number of aromatic nitrogens is 5. The summed E-state index contributed by atoms with van der Waals surface area (Å²) in [5.41, 5.74) is 2.76. The molecule has 0 aromatic carbocycles. The number of halogens is 3. The Balaban J connectivity index is 1.74. The maximum atomic E-state index is 13.0. The molecule has 12 heteroatoms. The van der Waals surface area contributed by atoms with Gasteiger partial charge in [0.25, 0.3) is 0 Å². The van der Waals surface area contributed by atoms with E-state index in [2.05, 4.69) is 30.8 Å². The molecule has 9 nitrogen and oxygen atoms in total. The Kier molecular flexibility index (Phi) is 4.93. The highest BCUT2D eigenvalue weighted by Gasteiger charge is 2.32. The zero-order valence-corrected chi connectivity index (χ0v) is 15.5. The molecule has 0 aliphatic heterocycles. The first kappa shape index (κ1) is 19.5. The summed E-state index contributed by atoms with van der Waals surface area (Å²) in [4.78, 5) is 12.1. The van der Waals surface area contributed by atoms with Gasteiger partial charge in [0.2, 0.25) is 5.82 Å². The number of nitrogens with one attached hydrogen (secondary N) is 2. The first-order valence-corrected chi connectivity index (χ1v) is 8.62. The molecular weight excluding hydrogens is 401 g/mol. The normalized spacial score (nSPS) is 11.8. The van der Waals surface area contributed by atoms with E-state index >= 15 is 0 Å². The molecule has 4 aromatic heterocycles. The number of hydrogen-bond acceptors (Lipinski definition) is 8. The largest absolute Gasteiger partial charge is 0.433 e. The third-order valence-electron chi connectivity index (χ3n) is 3.96. The van der Waals surface area contributed by atoms with Crippen molar-refractivity contribution in [3.8, 4) is 11.5 Å². The van der Waals surface area contributed by atoms with Crippen molar-refractivity contribution in [1.29, 1.82) is 0 Å². The van der Waals surface area contributed by atoms with Gasteiger partial charge in [0.15, 0.2) is 5.82 Å². The van der Waals surface area contributed by atoms with Crippen molar-refractivity contribution in [3.63, 3.8) is 0 Å². The minimum atomic E-state index is -4.57. The van der Waals surface area contributed by atoms with Gasteiger partial charge < -0.3 is 5.32 Å². The third kappa shape index (κ3) is 4.14. The minimum Gasteiger partial charge on any atom is -0.338 e. The first-order chi connectivity index (χ1) is 14.3. The molecule has 0 saturated heterocycles. The van der Waals surface area contributed by atoms with Gasteiger partial charge in [0, 0.05) is 31.2 Å². The fourth-order valence-electron chi connectivity index (χ4n) is 2.72. The number of anilines is 3. The minimum absolute atomic E-state index is 0.0116. The van der Waals surface area contributed by atoms with Gasteiger partial charge >= 0.3 is 6.18 Å². The molecule has 4 heterocycles. The van der Waals surface area contributed by atoms with Crippen LogP contribution in [0, 0.1) is 0 Å². The Labute approximate surface area is 167 Å². The molecular formula is C18H15F3N8O. The van der Waals surface area contributed by atoms with Crippen LogP contribution in [0.2, 0.25) is 0 Å². The molecule has 0 radical (unpaired) electrons. The van der Waals surface area contributed by atoms with Gasteiger partial charge in [-0.05, 0) is 30.3 Å². The second-order valence-electron chi connectivity index (χ2n) is 6.22. The lowest BCUT2D eigenvalue weighted by Crippen LogP contribution is -2.21. The van der Waals surface area contributed by atoms with Gasteiger partial charge in [-0.15, -0.1) is 10.3 Å². The van der Waals surface area contributed by atoms with Crippen LogP contribution in [0.4, 0.5) is 30.5 Å². The van der Waals surface area contributed by atoms with Crippen molar-refractivity contribution in [2.24, 2.45) is 0 Å². The molecule has 4 rings (SSSR count). The monoisotopic (exact) mass is 416 g/mol. The maximum Gasteiger partial charge on any atom is 0.433 e. The van der Waals surface area contributed by atoms with Crippen LogP contribution in [0.25, 0.3) is 17.0 Å². The second-order valence-corrected chi connectivity index (χ2v) is 6.22. The molecule has 0 bridgehead atoms. The fraction of sp³-hybridized carbons (Fsp3) is 0.111. The van der Waals surface area contributed by atoms with E-state index in [1.54, 1.807) is 30.5 Å². The third-order valence-corrected chi connectivity index (χ3v) is 3.96. The van der Waals surface area contributed by atoms with Crippen LogP contribution in [0.3, 0.4) is 0 Å². The molecule has 0 atom stereocenters. The van der Waals surface area contributed by atoms with E-state index in [9.17, 15) is 18.4 Å². The first-order valence-electron chi connectivity index (χ1n) is 8.62. The summed E-state index contributed by atoms with van der Waals surface area (Å²) in [6.45, 7) is 0. The molecule has 154 valence electrons. The molecule has 0 spiro atoms. The van der Waals surface area contributed by atoms with E-state index in [1.807, 2.05) is 0 Å². The Bertz CT molecular complexity index is 1190. The summed E-state index contributed by atoms with van der Waals surface area (Å²) in [7, 11) is 1.39. The van der Waals surface area contributed by atoms with Crippen molar-refractivity contribution in [2.75, 3.05) is 17.8 Å². The molecule has 0 unspecified atom stereocenters. The molecule has 0 aliphatic carbocycles. The van der Waals surface area contributed by atoms with Gasteiger partial charge in [-0.3, -0.25) is 10.6 Å². The Morgan fingerprint density at radius 3 is 2.70 bits per heavy atom. The lowest BCUT2D eigenvalue weighted by Gasteiger charge is -2.13. The number of alkyl halides is 3. The van der Waals surface area contributed by atoms with Crippen molar-refractivity contribution in [2.45, 2.75) is 6.18 Å². The van der Waals surface area contributed by atoms with Crippen LogP contribution < -0.4 is 10.7 Å². The summed E-state index contributed by atoms with van der Waals surface area (Å²) in [6.07, 6.45) is -1.41. The number of nitrogens with zero attached hydrogens (tertiary/aromatic N) is 6. The van der Waals surface area contributed by atoms with E-state index in [1.165, 1.54) is 29.9 Å². The van der Waals surface area contributed by atoms with Gasteiger partial charge in [0.1, 0.15) is 22.7 Å². The predicted molar refractivity (Wildman–Crippen MR) is 102 cm³/mol. The quantitative estimate of drug-likeness (QED) is 0.424. The summed E-state index contributed by atoms with van der Waals surface area (Å²) < 4.78 is 40.6. The zero-order chi connectivity index (χ0) is 21.3. The number of fused-ring (bicyclic) bond motifs is 1. The molecule has 0 fully saturated rings. The van der Waals surface area contributed by atoms with Crippen LogP contribution >= 0.6 is 0 Å². The van der Waals surface area contributed by atoms with Crippen LogP contribution in [0.15, 0.2) is 54.9 Å². The summed E-state index contributed by atoms with van der Waals surface area (Å²) >= 11 is 0. The highest BCUT2D eigenvalue weighted by molar-refractivity contribution is 5.75. The van der Waals surface area contributed by atoms with Gasteiger partial charge in [-0.2, -0.15) is 13.2 Å². The highest BCUT2D eigenvalue weighted by atomic mass is 19.4. The zero-order valence-electron chi connectivity index (χ0n) is 15.5. The molecule has 30 heavy (non-hydrogen) atoms. The van der Waals surface area contributed by atoms with E-state index in [4.69, 9.17) is 0 Å². The Morgan fingerprint density at radius 2 is 1.93 bits per heavy atom. The Hall–Kier alpha value is -3.77. The van der Waals surface area contributed by atoms with E-state index in [0.29, 0.717) is 22.8 Å². The second kappa shape index (κ2) is 7.57. The molecule has 0 aliphatic rings. The Morgan fingerprint density at radius 1 is 1.10 bits per heavy atom. The summed E-state index contributed by atoms with van der Waals surface area (Å²) in [6, 6.07) is 10.3. The smallest absolute Gasteiger partial charge is 0.338 e. The van der Waals surface area contributed by atoms with E-state index in [-0.39, 0.29) is 11.5 Å². The van der Waals surface area contributed by atoms with Crippen LogP contribution in [-0.4, -0.2) is 42.0 Å². The van der Waals surface area contributed by atoms with Gasteiger partial charge in [-0.1, -0.05) is 6.07 Å². The number of pyridine rings is 2. The van der Waals surface area contributed by atoms with Crippen LogP contribution in [-0.2, 0) is 6.18 Å². The molecule has 0 amide bonds. The van der Waals surface area contributed by atoms with E-state index < -0.39 is 11.9 Å². The number of hydroxylamine groups is 1. The lowest BCUT2D eigenvalue weighted by molar-refractivity contribution is -0.141. The van der Waals surface area contributed by atoms with Crippen molar-refractivity contribution in [3.05, 3.63) is 60.6 Å².